The van der Waals surface area contributed by atoms with Crippen molar-refractivity contribution in [2.45, 2.75) is 25.1 Å². The van der Waals surface area contributed by atoms with E-state index in [0.717, 1.165) is 12.1 Å². The normalized spacial score (nSPS) is 14.1. The first-order chi connectivity index (χ1) is 7.73. The van der Waals surface area contributed by atoms with Crippen LogP contribution in [-0.4, -0.2) is 6.43 Å². The molecular weight excluding hydrogens is 248 g/mol. The van der Waals surface area contributed by atoms with Crippen molar-refractivity contribution in [3.05, 3.63) is 35.1 Å². The van der Waals surface area contributed by atoms with Crippen molar-refractivity contribution in [3.63, 3.8) is 0 Å². The molecule has 0 aliphatic carbocycles. The van der Waals surface area contributed by atoms with Gasteiger partial charge in [0.05, 0.1) is 5.56 Å². The Morgan fingerprint density at radius 1 is 1.18 bits per heavy atom. The third kappa shape index (κ3) is 3.36. The van der Waals surface area contributed by atoms with Crippen molar-refractivity contribution >= 4 is 0 Å². The highest BCUT2D eigenvalue weighted by Gasteiger charge is 2.35. The molecule has 0 aliphatic heterocycles. The molecule has 0 unspecified atom stereocenters. The first-order valence-corrected chi connectivity index (χ1v) is 4.62. The summed E-state index contributed by atoms with van der Waals surface area (Å²) in [6, 6.07) is 0.982. The maximum Gasteiger partial charge on any atom is 0.419 e. The van der Waals surface area contributed by atoms with Crippen LogP contribution in [0.15, 0.2) is 18.2 Å². The van der Waals surface area contributed by atoms with Crippen molar-refractivity contribution in [1.82, 2.24) is 0 Å². The number of hydrogen-bond acceptors (Lipinski definition) is 1. The lowest BCUT2D eigenvalue weighted by molar-refractivity contribution is -0.140. The Kier molecular flexibility index (Phi) is 4.03. The van der Waals surface area contributed by atoms with Crippen LogP contribution >= 0.6 is 0 Å². The van der Waals surface area contributed by atoms with Crippen LogP contribution in [-0.2, 0) is 6.18 Å². The maximum absolute atomic E-state index is 13.4. The van der Waals surface area contributed by atoms with Gasteiger partial charge in [-0.2, -0.15) is 13.2 Å². The molecule has 0 aliphatic rings. The summed E-state index contributed by atoms with van der Waals surface area (Å²) in [5, 5.41) is 0. The average molecular weight is 257 g/mol. The van der Waals surface area contributed by atoms with Crippen LogP contribution in [0.4, 0.5) is 26.3 Å². The Bertz CT molecular complexity index is 387. The van der Waals surface area contributed by atoms with Crippen molar-refractivity contribution in [3.8, 4) is 0 Å². The minimum absolute atomic E-state index is 0.536. The first-order valence-electron chi connectivity index (χ1n) is 4.62. The number of benzene rings is 1. The predicted octanol–water partition coefficient (Wildman–Crippen LogP) is 3.50. The van der Waals surface area contributed by atoms with Gasteiger partial charge in [-0.1, -0.05) is 12.1 Å². The minimum Gasteiger partial charge on any atom is -0.324 e. The highest BCUT2D eigenvalue weighted by atomic mass is 19.4. The Morgan fingerprint density at radius 2 is 1.76 bits per heavy atom. The second kappa shape index (κ2) is 4.95. The highest BCUT2D eigenvalue weighted by Crippen LogP contribution is 2.34. The summed E-state index contributed by atoms with van der Waals surface area (Å²) in [5.41, 5.74) is 3.17. The van der Waals surface area contributed by atoms with Crippen molar-refractivity contribution in [2.24, 2.45) is 5.73 Å². The molecule has 96 valence electrons. The Morgan fingerprint density at radius 3 is 2.24 bits per heavy atom. The molecule has 2 N–H and O–H groups in total. The van der Waals surface area contributed by atoms with E-state index in [-0.39, 0.29) is 0 Å². The van der Waals surface area contributed by atoms with Crippen molar-refractivity contribution < 1.29 is 26.3 Å². The second-order valence-corrected chi connectivity index (χ2v) is 3.44. The molecule has 1 atom stereocenters. The number of halogens is 6. The molecule has 0 bridgehead atoms. The molecule has 1 aromatic carbocycles. The van der Waals surface area contributed by atoms with E-state index in [2.05, 4.69) is 0 Å². The van der Waals surface area contributed by atoms with Gasteiger partial charge in [-0.15, -0.1) is 0 Å². The third-order valence-electron chi connectivity index (χ3n) is 2.17. The van der Waals surface area contributed by atoms with E-state index >= 15 is 0 Å². The van der Waals surface area contributed by atoms with Crippen LogP contribution in [0.1, 0.15) is 23.6 Å². The fraction of sp³-hybridized carbons (Fsp3) is 0.400. The van der Waals surface area contributed by atoms with E-state index in [1.807, 2.05) is 0 Å². The summed E-state index contributed by atoms with van der Waals surface area (Å²) < 4.78 is 74.4. The fourth-order valence-corrected chi connectivity index (χ4v) is 1.37. The topological polar surface area (TPSA) is 26.0 Å². The summed E-state index contributed by atoms with van der Waals surface area (Å²) in [6.07, 6.45) is -8.57. The predicted molar refractivity (Wildman–Crippen MR) is 49.0 cm³/mol. The summed E-state index contributed by atoms with van der Waals surface area (Å²) in [5.74, 6) is -1.59. The SMILES string of the molecule is N[C@H](CC(F)F)c1cccc(C(F)(F)F)c1F. The van der Waals surface area contributed by atoms with Gasteiger partial charge in [0.15, 0.2) is 0 Å². The van der Waals surface area contributed by atoms with Crippen LogP contribution in [0, 0.1) is 5.82 Å². The van der Waals surface area contributed by atoms with E-state index in [1.54, 1.807) is 0 Å². The van der Waals surface area contributed by atoms with Crippen LogP contribution in [0.5, 0.6) is 0 Å². The monoisotopic (exact) mass is 257 g/mol. The highest BCUT2D eigenvalue weighted by molar-refractivity contribution is 5.30. The summed E-state index contributed by atoms with van der Waals surface area (Å²) in [6.45, 7) is 0. The Labute approximate surface area is 93.2 Å². The van der Waals surface area contributed by atoms with Crippen LogP contribution in [0.25, 0.3) is 0 Å². The van der Waals surface area contributed by atoms with Gasteiger partial charge in [-0.05, 0) is 6.07 Å². The fourth-order valence-electron chi connectivity index (χ4n) is 1.37. The van der Waals surface area contributed by atoms with E-state index in [9.17, 15) is 26.3 Å². The van der Waals surface area contributed by atoms with Crippen molar-refractivity contribution in [2.75, 3.05) is 0 Å². The molecule has 0 heterocycles. The number of alkyl halides is 5. The van der Waals surface area contributed by atoms with Crippen LogP contribution < -0.4 is 5.73 Å². The first kappa shape index (κ1) is 13.8. The van der Waals surface area contributed by atoms with Gasteiger partial charge in [0.25, 0.3) is 0 Å². The van der Waals surface area contributed by atoms with Gasteiger partial charge >= 0.3 is 6.18 Å². The van der Waals surface area contributed by atoms with E-state index in [4.69, 9.17) is 5.73 Å². The largest absolute Gasteiger partial charge is 0.419 e. The summed E-state index contributed by atoms with van der Waals surface area (Å²) >= 11 is 0. The van der Waals surface area contributed by atoms with Crippen molar-refractivity contribution in [1.29, 1.82) is 0 Å². The van der Waals surface area contributed by atoms with Gasteiger partial charge in [-0.3, -0.25) is 0 Å². The molecule has 0 amide bonds. The zero-order valence-corrected chi connectivity index (χ0v) is 8.44. The Balaban J connectivity index is 3.10. The molecule has 0 aromatic heterocycles. The lowest BCUT2D eigenvalue weighted by Gasteiger charge is -2.15. The maximum atomic E-state index is 13.4. The molecular formula is C10H9F6N. The zero-order valence-electron chi connectivity index (χ0n) is 8.44. The van der Waals surface area contributed by atoms with Crippen LogP contribution in [0.3, 0.4) is 0 Å². The van der Waals surface area contributed by atoms with Gasteiger partial charge in [0, 0.05) is 18.0 Å². The molecule has 1 rings (SSSR count). The summed E-state index contributed by atoms with van der Waals surface area (Å²) in [4.78, 5) is 0. The molecule has 17 heavy (non-hydrogen) atoms. The molecule has 0 fully saturated rings. The van der Waals surface area contributed by atoms with Gasteiger partial charge in [0.2, 0.25) is 6.43 Å². The van der Waals surface area contributed by atoms with Gasteiger partial charge < -0.3 is 5.73 Å². The van der Waals surface area contributed by atoms with E-state index < -0.39 is 42.0 Å². The van der Waals surface area contributed by atoms with Gasteiger partial charge in [-0.25, -0.2) is 13.2 Å². The molecule has 0 radical (unpaired) electrons. The standard InChI is InChI=1S/C10H9F6N/c11-8(12)4-7(17)5-2-1-3-6(9(5)13)10(14,15)16/h1-3,7-8H,4,17H2/t7-/m1/s1. The number of rotatable bonds is 3. The molecule has 1 nitrogen and oxygen atoms in total. The summed E-state index contributed by atoms with van der Waals surface area (Å²) in [7, 11) is 0. The zero-order chi connectivity index (χ0) is 13.2. The second-order valence-electron chi connectivity index (χ2n) is 3.44. The van der Waals surface area contributed by atoms with Gasteiger partial charge in [0.1, 0.15) is 5.82 Å². The minimum atomic E-state index is -4.87. The quantitative estimate of drug-likeness (QED) is 0.824. The molecule has 0 saturated heterocycles. The smallest absolute Gasteiger partial charge is 0.324 e. The molecule has 1 aromatic rings. The molecule has 7 heteroatoms. The average Bonchev–Trinajstić information content (AvgIpc) is 2.14. The number of hydrogen-bond donors (Lipinski definition) is 1. The van der Waals surface area contributed by atoms with E-state index in [0.29, 0.717) is 6.07 Å². The lowest BCUT2D eigenvalue weighted by atomic mass is 10.0. The lowest BCUT2D eigenvalue weighted by Crippen LogP contribution is -2.18. The molecule has 0 saturated carbocycles. The Hall–Kier alpha value is -1.24. The molecule has 0 spiro atoms. The van der Waals surface area contributed by atoms with E-state index in [1.165, 1.54) is 0 Å². The third-order valence-corrected chi connectivity index (χ3v) is 2.17. The number of nitrogens with two attached hydrogens (primary N) is 1. The van der Waals surface area contributed by atoms with Crippen LogP contribution in [0.2, 0.25) is 0 Å².